The molecule has 1 atom stereocenters. The number of carbonyl (C=O) groups is 1. The third-order valence-corrected chi connectivity index (χ3v) is 6.39. The average molecular weight is 274 g/mol. The number of rotatable bonds is 3. The van der Waals surface area contributed by atoms with E-state index in [1.165, 1.54) is 0 Å². The second kappa shape index (κ2) is 5.17. The SMILES string of the molecule is NCC1(NC(=O)C2CCCCS2(=O)=O)CCCC1. The molecule has 104 valence electrons. The summed E-state index contributed by atoms with van der Waals surface area (Å²) in [6.45, 7) is 0.394. The first-order chi connectivity index (χ1) is 8.49. The molecule has 2 fully saturated rings. The summed E-state index contributed by atoms with van der Waals surface area (Å²) in [7, 11) is -3.25. The molecule has 1 aliphatic heterocycles. The molecule has 0 radical (unpaired) electrons. The number of hydrogen-bond donors (Lipinski definition) is 2. The fourth-order valence-electron chi connectivity index (χ4n) is 3.02. The highest BCUT2D eigenvalue weighted by atomic mass is 32.2. The molecule has 1 saturated heterocycles. The molecule has 1 amide bonds. The highest BCUT2D eigenvalue weighted by molar-refractivity contribution is 7.92. The summed E-state index contributed by atoms with van der Waals surface area (Å²) in [5, 5.41) is 2.07. The van der Waals surface area contributed by atoms with E-state index in [-0.39, 0.29) is 17.2 Å². The van der Waals surface area contributed by atoms with Crippen molar-refractivity contribution in [2.45, 2.75) is 55.7 Å². The number of hydrogen-bond acceptors (Lipinski definition) is 4. The van der Waals surface area contributed by atoms with Crippen LogP contribution in [0, 0.1) is 0 Å². The summed E-state index contributed by atoms with van der Waals surface area (Å²) in [5.41, 5.74) is 5.39. The Hall–Kier alpha value is -0.620. The van der Waals surface area contributed by atoms with Gasteiger partial charge < -0.3 is 11.1 Å². The Labute approximate surface area is 108 Å². The van der Waals surface area contributed by atoms with Gasteiger partial charge in [-0.05, 0) is 25.7 Å². The second-order valence-electron chi connectivity index (χ2n) is 5.53. The Kier molecular flexibility index (Phi) is 3.96. The predicted molar refractivity (Wildman–Crippen MR) is 69.8 cm³/mol. The molecule has 3 N–H and O–H groups in total. The summed E-state index contributed by atoms with van der Waals surface area (Å²) < 4.78 is 23.8. The van der Waals surface area contributed by atoms with Crippen molar-refractivity contribution in [3.05, 3.63) is 0 Å². The van der Waals surface area contributed by atoms with Gasteiger partial charge in [0.05, 0.1) is 11.3 Å². The van der Waals surface area contributed by atoms with E-state index in [2.05, 4.69) is 5.32 Å². The van der Waals surface area contributed by atoms with Crippen molar-refractivity contribution in [2.24, 2.45) is 5.73 Å². The van der Waals surface area contributed by atoms with Crippen LogP contribution in [0.15, 0.2) is 0 Å². The molecular formula is C12H22N2O3S. The van der Waals surface area contributed by atoms with Crippen LogP contribution in [0.4, 0.5) is 0 Å². The average Bonchev–Trinajstić information content (AvgIpc) is 2.77. The monoisotopic (exact) mass is 274 g/mol. The molecule has 0 aromatic rings. The number of nitrogens with two attached hydrogens (primary N) is 1. The fourth-order valence-corrected chi connectivity index (χ4v) is 4.82. The minimum atomic E-state index is -3.25. The van der Waals surface area contributed by atoms with E-state index in [9.17, 15) is 13.2 Å². The smallest absolute Gasteiger partial charge is 0.238 e. The van der Waals surface area contributed by atoms with Crippen LogP contribution >= 0.6 is 0 Å². The van der Waals surface area contributed by atoms with Crippen LogP contribution < -0.4 is 11.1 Å². The summed E-state index contributed by atoms with van der Waals surface area (Å²) in [6, 6.07) is 0. The van der Waals surface area contributed by atoms with E-state index in [4.69, 9.17) is 5.73 Å². The van der Waals surface area contributed by atoms with Crippen molar-refractivity contribution >= 4 is 15.7 Å². The van der Waals surface area contributed by atoms with Crippen molar-refractivity contribution in [2.75, 3.05) is 12.3 Å². The van der Waals surface area contributed by atoms with Crippen molar-refractivity contribution in [3.8, 4) is 0 Å². The molecule has 5 nitrogen and oxygen atoms in total. The lowest BCUT2D eigenvalue weighted by molar-refractivity contribution is -0.122. The summed E-state index contributed by atoms with van der Waals surface area (Å²) >= 11 is 0. The number of amides is 1. The highest BCUT2D eigenvalue weighted by Crippen LogP contribution is 2.29. The Morgan fingerprint density at radius 2 is 1.89 bits per heavy atom. The van der Waals surface area contributed by atoms with Crippen LogP contribution in [0.2, 0.25) is 0 Å². The van der Waals surface area contributed by atoms with Crippen LogP contribution in [0.1, 0.15) is 44.9 Å². The number of sulfone groups is 1. The summed E-state index contributed by atoms with van der Waals surface area (Å²) in [6.07, 6.45) is 5.77. The second-order valence-corrected chi connectivity index (χ2v) is 7.84. The molecule has 2 aliphatic rings. The van der Waals surface area contributed by atoms with Gasteiger partial charge in [-0.2, -0.15) is 0 Å². The van der Waals surface area contributed by atoms with Gasteiger partial charge in [-0.15, -0.1) is 0 Å². The van der Waals surface area contributed by atoms with Gasteiger partial charge in [0.25, 0.3) is 0 Å². The van der Waals surface area contributed by atoms with E-state index >= 15 is 0 Å². The standard InChI is InChI=1S/C12H22N2O3S/c13-9-12(6-2-3-7-12)14-11(15)10-5-1-4-8-18(10,16)17/h10H,1-9,13H2,(H,14,15). The molecule has 0 spiro atoms. The van der Waals surface area contributed by atoms with Crippen molar-refractivity contribution < 1.29 is 13.2 Å². The zero-order valence-electron chi connectivity index (χ0n) is 10.7. The molecule has 2 rings (SSSR count). The number of nitrogens with one attached hydrogen (secondary N) is 1. The van der Waals surface area contributed by atoms with Gasteiger partial charge in [0.15, 0.2) is 9.84 Å². The Bertz CT molecular complexity index is 413. The minimum absolute atomic E-state index is 0.140. The zero-order valence-corrected chi connectivity index (χ0v) is 11.5. The lowest BCUT2D eigenvalue weighted by Gasteiger charge is -2.31. The maximum Gasteiger partial charge on any atom is 0.238 e. The van der Waals surface area contributed by atoms with Gasteiger partial charge >= 0.3 is 0 Å². The van der Waals surface area contributed by atoms with Gasteiger partial charge in [0.1, 0.15) is 5.25 Å². The maximum atomic E-state index is 12.2. The molecule has 0 aromatic carbocycles. The predicted octanol–water partition coefficient (Wildman–Crippen LogP) is 0.341. The molecule has 6 heteroatoms. The van der Waals surface area contributed by atoms with Gasteiger partial charge in [0, 0.05) is 6.54 Å². The largest absolute Gasteiger partial charge is 0.348 e. The first kappa shape index (κ1) is 13.8. The quantitative estimate of drug-likeness (QED) is 0.776. The molecule has 0 aromatic heterocycles. The van der Waals surface area contributed by atoms with Crippen molar-refractivity contribution in [3.63, 3.8) is 0 Å². The topological polar surface area (TPSA) is 89.3 Å². The Balaban J connectivity index is 2.07. The third-order valence-electron chi connectivity index (χ3n) is 4.21. The normalized spacial score (nSPS) is 29.9. The Morgan fingerprint density at radius 1 is 1.22 bits per heavy atom. The van der Waals surface area contributed by atoms with Crippen LogP contribution in [0.3, 0.4) is 0 Å². The van der Waals surface area contributed by atoms with E-state index in [1.807, 2.05) is 0 Å². The van der Waals surface area contributed by atoms with E-state index in [0.717, 1.165) is 32.1 Å². The maximum absolute atomic E-state index is 12.2. The lowest BCUT2D eigenvalue weighted by Crippen LogP contribution is -2.56. The van der Waals surface area contributed by atoms with Gasteiger partial charge in [-0.3, -0.25) is 4.79 Å². The molecule has 18 heavy (non-hydrogen) atoms. The lowest BCUT2D eigenvalue weighted by atomic mass is 9.97. The van der Waals surface area contributed by atoms with Crippen LogP contribution in [-0.4, -0.2) is 37.4 Å². The van der Waals surface area contributed by atoms with Crippen molar-refractivity contribution in [1.82, 2.24) is 5.32 Å². The van der Waals surface area contributed by atoms with Gasteiger partial charge in [-0.25, -0.2) is 8.42 Å². The number of carbonyl (C=O) groups excluding carboxylic acids is 1. The van der Waals surface area contributed by atoms with E-state index < -0.39 is 15.1 Å². The van der Waals surface area contributed by atoms with E-state index in [0.29, 0.717) is 19.4 Å². The minimum Gasteiger partial charge on any atom is -0.348 e. The first-order valence-electron chi connectivity index (χ1n) is 6.73. The molecule has 1 heterocycles. The molecule has 1 aliphatic carbocycles. The van der Waals surface area contributed by atoms with Crippen LogP contribution in [-0.2, 0) is 14.6 Å². The summed E-state index contributed by atoms with van der Waals surface area (Å²) in [4.78, 5) is 12.2. The highest BCUT2D eigenvalue weighted by Gasteiger charge is 2.40. The molecule has 1 unspecified atom stereocenters. The van der Waals surface area contributed by atoms with Crippen LogP contribution in [0.5, 0.6) is 0 Å². The molecule has 1 saturated carbocycles. The Morgan fingerprint density at radius 3 is 2.44 bits per heavy atom. The zero-order chi connectivity index (χ0) is 13.2. The molecular weight excluding hydrogens is 252 g/mol. The third kappa shape index (κ3) is 2.69. The summed E-state index contributed by atoms with van der Waals surface area (Å²) in [5.74, 6) is -0.192. The van der Waals surface area contributed by atoms with E-state index in [1.54, 1.807) is 0 Å². The van der Waals surface area contributed by atoms with Crippen LogP contribution in [0.25, 0.3) is 0 Å². The van der Waals surface area contributed by atoms with Gasteiger partial charge in [-0.1, -0.05) is 19.3 Å². The van der Waals surface area contributed by atoms with Crippen molar-refractivity contribution in [1.29, 1.82) is 0 Å². The first-order valence-corrected chi connectivity index (χ1v) is 8.44. The fraction of sp³-hybridized carbons (Fsp3) is 0.917. The molecule has 0 bridgehead atoms. The van der Waals surface area contributed by atoms with Gasteiger partial charge in [0.2, 0.25) is 5.91 Å².